The van der Waals surface area contributed by atoms with Crippen molar-refractivity contribution in [3.05, 3.63) is 11.6 Å². The second-order valence-corrected chi connectivity index (χ2v) is 7.26. The van der Waals surface area contributed by atoms with Gasteiger partial charge in [0.25, 0.3) is 0 Å². The summed E-state index contributed by atoms with van der Waals surface area (Å²) < 4.78 is 12.3. The van der Waals surface area contributed by atoms with Crippen LogP contribution in [0.5, 0.6) is 0 Å². The quantitative estimate of drug-likeness (QED) is 0.716. The smallest absolute Gasteiger partial charge is 0.409 e. The van der Waals surface area contributed by atoms with Gasteiger partial charge >= 0.3 is 6.09 Å². The van der Waals surface area contributed by atoms with Crippen LogP contribution in [-0.4, -0.2) is 77.2 Å². The van der Waals surface area contributed by atoms with Crippen molar-refractivity contribution in [2.24, 2.45) is 7.05 Å². The number of likely N-dealkylation sites (tertiary alicyclic amines) is 2. The van der Waals surface area contributed by atoms with Crippen molar-refractivity contribution in [1.29, 1.82) is 0 Å². The van der Waals surface area contributed by atoms with Gasteiger partial charge in [-0.15, -0.1) is 10.2 Å². The molecule has 0 radical (unpaired) electrons. The number of carbonyl (C=O) groups is 1. The zero-order chi connectivity index (χ0) is 18.4. The lowest BCUT2D eigenvalue weighted by atomic mass is 9.97. The molecule has 8 heteroatoms. The van der Waals surface area contributed by atoms with Gasteiger partial charge < -0.3 is 18.9 Å². The fourth-order valence-corrected chi connectivity index (χ4v) is 3.84. The van der Waals surface area contributed by atoms with Crippen LogP contribution in [0.25, 0.3) is 0 Å². The van der Waals surface area contributed by atoms with Gasteiger partial charge in [-0.05, 0) is 38.8 Å². The monoisotopic (exact) mass is 365 g/mol. The van der Waals surface area contributed by atoms with E-state index in [9.17, 15) is 4.79 Å². The third-order valence-corrected chi connectivity index (χ3v) is 5.37. The molecule has 3 heterocycles. The number of hydrogen-bond acceptors (Lipinski definition) is 6. The van der Waals surface area contributed by atoms with E-state index in [-0.39, 0.29) is 12.0 Å². The van der Waals surface area contributed by atoms with Crippen LogP contribution in [-0.2, 0) is 23.1 Å². The molecule has 2 aliphatic heterocycles. The molecular weight excluding hydrogens is 334 g/mol. The molecule has 0 N–H and O–H groups in total. The van der Waals surface area contributed by atoms with E-state index in [4.69, 9.17) is 9.47 Å². The molecule has 0 aromatic carbocycles. The summed E-state index contributed by atoms with van der Waals surface area (Å²) in [6, 6.07) is 0. The van der Waals surface area contributed by atoms with Crippen LogP contribution in [0.2, 0.25) is 0 Å². The van der Waals surface area contributed by atoms with Gasteiger partial charge in [0.05, 0.1) is 13.2 Å². The molecule has 3 rings (SSSR count). The van der Waals surface area contributed by atoms with E-state index in [0.717, 1.165) is 50.7 Å². The molecule has 0 aliphatic carbocycles. The van der Waals surface area contributed by atoms with Gasteiger partial charge in [0, 0.05) is 33.2 Å². The van der Waals surface area contributed by atoms with Crippen LogP contribution in [0.3, 0.4) is 0 Å². The summed E-state index contributed by atoms with van der Waals surface area (Å²) in [7, 11) is 3.64. The third-order valence-electron chi connectivity index (χ3n) is 5.37. The third kappa shape index (κ3) is 4.73. The molecule has 0 bridgehead atoms. The van der Waals surface area contributed by atoms with E-state index < -0.39 is 0 Å². The van der Waals surface area contributed by atoms with E-state index in [1.807, 2.05) is 7.05 Å². The van der Waals surface area contributed by atoms with E-state index in [1.165, 1.54) is 19.3 Å². The molecule has 0 saturated carbocycles. The molecule has 1 atom stereocenters. The van der Waals surface area contributed by atoms with Crippen molar-refractivity contribution in [1.82, 2.24) is 24.6 Å². The van der Waals surface area contributed by atoms with Crippen LogP contribution < -0.4 is 0 Å². The molecule has 26 heavy (non-hydrogen) atoms. The number of piperidine rings is 2. The number of hydrogen-bond donors (Lipinski definition) is 0. The number of rotatable bonds is 6. The summed E-state index contributed by atoms with van der Waals surface area (Å²) in [4.78, 5) is 16.4. The van der Waals surface area contributed by atoms with Gasteiger partial charge in [0.2, 0.25) is 0 Å². The number of methoxy groups -OCH3 is 1. The lowest BCUT2D eigenvalue weighted by Crippen LogP contribution is -2.40. The predicted octanol–water partition coefficient (Wildman–Crippen LogP) is 1.76. The number of aromatic nitrogens is 3. The highest BCUT2D eigenvalue weighted by Gasteiger charge is 2.29. The zero-order valence-corrected chi connectivity index (χ0v) is 16.0. The van der Waals surface area contributed by atoms with Crippen molar-refractivity contribution in [2.75, 3.05) is 46.5 Å². The Morgan fingerprint density at radius 1 is 1.12 bits per heavy atom. The molecule has 0 spiro atoms. The minimum Gasteiger partial charge on any atom is -0.447 e. The fourth-order valence-electron chi connectivity index (χ4n) is 3.84. The number of nitrogens with zero attached hydrogens (tertiary/aromatic N) is 5. The predicted molar refractivity (Wildman–Crippen MR) is 96.9 cm³/mol. The molecule has 1 aromatic rings. The second-order valence-electron chi connectivity index (χ2n) is 7.26. The SMILES string of the molecule is COCCOC(=O)N1CCCC(c2nnc(CN3CCCCC3)n2C)C1. The molecular formula is C18H31N5O3. The number of amides is 1. The molecule has 8 nitrogen and oxygen atoms in total. The Morgan fingerprint density at radius 2 is 1.92 bits per heavy atom. The maximum absolute atomic E-state index is 12.2. The van der Waals surface area contributed by atoms with E-state index in [2.05, 4.69) is 19.7 Å². The first-order valence-corrected chi connectivity index (χ1v) is 9.70. The molecule has 2 fully saturated rings. The van der Waals surface area contributed by atoms with E-state index >= 15 is 0 Å². The largest absolute Gasteiger partial charge is 0.447 e. The molecule has 1 aromatic heterocycles. The minimum absolute atomic E-state index is 0.214. The van der Waals surface area contributed by atoms with Crippen molar-refractivity contribution < 1.29 is 14.3 Å². The summed E-state index contributed by atoms with van der Waals surface area (Å²) >= 11 is 0. The first-order valence-electron chi connectivity index (χ1n) is 9.70. The van der Waals surface area contributed by atoms with Crippen LogP contribution in [0.15, 0.2) is 0 Å². The Balaban J connectivity index is 1.58. The van der Waals surface area contributed by atoms with Gasteiger partial charge in [-0.25, -0.2) is 4.79 Å². The Morgan fingerprint density at radius 3 is 2.69 bits per heavy atom. The number of carbonyl (C=O) groups excluding carboxylic acids is 1. The minimum atomic E-state index is -0.262. The van der Waals surface area contributed by atoms with Gasteiger partial charge in [-0.1, -0.05) is 6.42 Å². The van der Waals surface area contributed by atoms with E-state index in [0.29, 0.717) is 19.8 Å². The van der Waals surface area contributed by atoms with Crippen molar-refractivity contribution in [2.45, 2.75) is 44.6 Å². The van der Waals surface area contributed by atoms with Gasteiger partial charge in [0.1, 0.15) is 18.3 Å². The normalized spacial score (nSPS) is 21.8. The number of ether oxygens (including phenoxy) is 2. The second kappa shape index (κ2) is 9.32. The van der Waals surface area contributed by atoms with Gasteiger partial charge in [-0.2, -0.15) is 0 Å². The van der Waals surface area contributed by atoms with Crippen LogP contribution >= 0.6 is 0 Å². The van der Waals surface area contributed by atoms with Crippen molar-refractivity contribution in [3.63, 3.8) is 0 Å². The molecule has 1 amide bonds. The van der Waals surface area contributed by atoms with Gasteiger partial charge in [0.15, 0.2) is 0 Å². The first kappa shape index (κ1) is 19.1. The topological polar surface area (TPSA) is 72.7 Å². The average Bonchev–Trinajstić information content (AvgIpc) is 3.03. The standard InChI is InChI=1S/C18H31N5O3/c1-21-16(14-22-8-4-3-5-9-22)19-20-17(21)15-7-6-10-23(13-15)18(24)26-12-11-25-2/h15H,3-14H2,1-2H3. The highest BCUT2D eigenvalue weighted by molar-refractivity contribution is 5.67. The zero-order valence-electron chi connectivity index (χ0n) is 16.0. The van der Waals surface area contributed by atoms with Crippen molar-refractivity contribution >= 4 is 6.09 Å². The molecule has 2 saturated heterocycles. The first-order chi connectivity index (χ1) is 12.7. The maximum atomic E-state index is 12.2. The summed E-state index contributed by atoms with van der Waals surface area (Å²) in [5.74, 6) is 2.21. The average molecular weight is 365 g/mol. The summed E-state index contributed by atoms with van der Waals surface area (Å²) in [6.45, 7) is 5.24. The van der Waals surface area contributed by atoms with Crippen LogP contribution in [0, 0.1) is 0 Å². The van der Waals surface area contributed by atoms with Crippen LogP contribution in [0.1, 0.15) is 49.7 Å². The summed E-state index contributed by atoms with van der Waals surface area (Å²) in [5.41, 5.74) is 0. The van der Waals surface area contributed by atoms with Gasteiger partial charge in [-0.3, -0.25) is 4.90 Å². The highest BCUT2D eigenvalue weighted by atomic mass is 16.6. The van der Waals surface area contributed by atoms with E-state index in [1.54, 1.807) is 12.0 Å². The molecule has 146 valence electrons. The fraction of sp³-hybridized carbons (Fsp3) is 0.833. The highest BCUT2D eigenvalue weighted by Crippen LogP contribution is 2.26. The lowest BCUT2D eigenvalue weighted by Gasteiger charge is -2.31. The Labute approximate surface area is 155 Å². The molecule has 2 aliphatic rings. The summed E-state index contributed by atoms with van der Waals surface area (Å²) in [6.07, 6.45) is 5.60. The Bertz CT molecular complexity index is 585. The lowest BCUT2D eigenvalue weighted by molar-refractivity contribution is 0.0646. The Kier molecular flexibility index (Phi) is 6.85. The summed E-state index contributed by atoms with van der Waals surface area (Å²) in [5, 5.41) is 8.90. The Hall–Kier alpha value is -1.67. The maximum Gasteiger partial charge on any atom is 0.409 e. The molecule has 1 unspecified atom stereocenters. The van der Waals surface area contributed by atoms with Crippen molar-refractivity contribution in [3.8, 4) is 0 Å². The van der Waals surface area contributed by atoms with Crippen LogP contribution in [0.4, 0.5) is 4.79 Å².